The van der Waals surface area contributed by atoms with E-state index in [1.54, 1.807) is 6.20 Å². The van der Waals surface area contributed by atoms with Gasteiger partial charge in [-0.15, -0.1) is 0 Å². The van der Waals surface area contributed by atoms with E-state index in [9.17, 15) is 0 Å². The Labute approximate surface area is 113 Å². The lowest BCUT2D eigenvalue weighted by atomic mass is 9.93. The van der Waals surface area contributed by atoms with Crippen LogP contribution in [0.5, 0.6) is 0 Å². The van der Waals surface area contributed by atoms with E-state index in [2.05, 4.69) is 23.3 Å². The molecule has 1 atom stereocenters. The van der Waals surface area contributed by atoms with Crippen molar-refractivity contribution in [3.63, 3.8) is 0 Å². The Morgan fingerprint density at radius 2 is 2.32 bits per heavy atom. The fraction of sp³-hybridized carbons (Fsp3) is 0.467. The number of piperidine rings is 1. The van der Waals surface area contributed by atoms with Crippen molar-refractivity contribution in [2.24, 2.45) is 7.05 Å². The van der Waals surface area contributed by atoms with E-state index < -0.39 is 0 Å². The van der Waals surface area contributed by atoms with Gasteiger partial charge in [-0.2, -0.15) is 5.10 Å². The van der Waals surface area contributed by atoms with E-state index in [0.29, 0.717) is 5.92 Å². The monoisotopic (exact) mass is 256 g/mol. The lowest BCUT2D eigenvalue weighted by Gasteiger charge is -2.21. The molecule has 2 aromatic heterocycles. The zero-order valence-electron chi connectivity index (χ0n) is 11.6. The predicted molar refractivity (Wildman–Crippen MR) is 76.0 cm³/mol. The largest absolute Gasteiger partial charge is 0.316 e. The molecule has 0 saturated carbocycles. The topological polar surface area (TPSA) is 42.7 Å². The summed E-state index contributed by atoms with van der Waals surface area (Å²) in [7, 11) is 2.02. The number of hydrogen-bond acceptors (Lipinski definition) is 3. The molecular weight excluding hydrogens is 236 g/mol. The van der Waals surface area contributed by atoms with Crippen molar-refractivity contribution in [2.45, 2.75) is 25.7 Å². The molecule has 4 heteroatoms. The zero-order valence-corrected chi connectivity index (χ0v) is 11.6. The number of hydrogen-bond donors (Lipinski definition) is 1. The summed E-state index contributed by atoms with van der Waals surface area (Å²) in [5.74, 6) is 0.547. The second-order valence-corrected chi connectivity index (χ2v) is 5.27. The van der Waals surface area contributed by atoms with E-state index in [1.807, 2.05) is 24.0 Å². The summed E-state index contributed by atoms with van der Waals surface area (Å²) in [6.45, 7) is 4.36. The summed E-state index contributed by atoms with van der Waals surface area (Å²) in [6, 6.07) is 4.07. The van der Waals surface area contributed by atoms with Gasteiger partial charge in [-0.3, -0.25) is 9.67 Å². The first-order chi connectivity index (χ1) is 9.27. The molecular formula is C15H20N4. The minimum Gasteiger partial charge on any atom is -0.316 e. The number of pyridine rings is 1. The van der Waals surface area contributed by atoms with Gasteiger partial charge >= 0.3 is 0 Å². The Morgan fingerprint density at radius 1 is 1.42 bits per heavy atom. The van der Waals surface area contributed by atoms with Crippen molar-refractivity contribution in [3.8, 4) is 11.3 Å². The number of rotatable bonds is 2. The molecule has 3 rings (SSSR count). The molecule has 0 aromatic carbocycles. The zero-order chi connectivity index (χ0) is 13.2. The quantitative estimate of drug-likeness (QED) is 0.896. The third kappa shape index (κ3) is 2.28. The Bertz CT molecular complexity index is 553. The first-order valence-corrected chi connectivity index (χ1v) is 6.92. The van der Waals surface area contributed by atoms with Crippen molar-refractivity contribution in [3.05, 3.63) is 35.8 Å². The second-order valence-electron chi connectivity index (χ2n) is 5.27. The fourth-order valence-corrected chi connectivity index (χ4v) is 3.03. The van der Waals surface area contributed by atoms with Crippen LogP contribution in [0.4, 0.5) is 0 Å². The highest BCUT2D eigenvalue weighted by atomic mass is 15.3. The van der Waals surface area contributed by atoms with Crippen molar-refractivity contribution >= 4 is 0 Å². The van der Waals surface area contributed by atoms with Crippen molar-refractivity contribution in [1.29, 1.82) is 0 Å². The highest BCUT2D eigenvalue weighted by molar-refractivity contribution is 5.63. The van der Waals surface area contributed by atoms with Gasteiger partial charge < -0.3 is 5.32 Å². The van der Waals surface area contributed by atoms with Crippen molar-refractivity contribution < 1.29 is 0 Å². The maximum Gasteiger partial charge on any atom is 0.0726 e. The van der Waals surface area contributed by atoms with Gasteiger partial charge in [-0.05, 0) is 44.0 Å². The summed E-state index contributed by atoms with van der Waals surface area (Å²) >= 11 is 0. The number of aryl methyl sites for hydroxylation is 1. The molecule has 0 amide bonds. The number of aromatic nitrogens is 3. The average Bonchev–Trinajstić information content (AvgIpc) is 2.76. The summed E-state index contributed by atoms with van der Waals surface area (Å²) in [5, 5.41) is 8.23. The number of nitrogens with zero attached hydrogens (tertiary/aromatic N) is 3. The molecule has 19 heavy (non-hydrogen) atoms. The van der Waals surface area contributed by atoms with Crippen LogP contribution in [-0.2, 0) is 7.05 Å². The van der Waals surface area contributed by atoms with Gasteiger partial charge in [0.15, 0.2) is 0 Å². The van der Waals surface area contributed by atoms with Crippen LogP contribution in [0, 0.1) is 6.92 Å². The third-order valence-corrected chi connectivity index (χ3v) is 3.94. The Balaban J connectivity index is 2.00. The van der Waals surface area contributed by atoms with Crippen LogP contribution in [0.2, 0.25) is 0 Å². The van der Waals surface area contributed by atoms with E-state index in [0.717, 1.165) is 18.7 Å². The standard InChI is InChI=1S/C15H20N4/c1-11-14(12-5-3-7-16-9-12)18-19(2)15(11)13-6-4-8-17-10-13/h4,6,8,10,12,16H,3,5,7,9H2,1-2H3. The number of nitrogens with one attached hydrogen (secondary N) is 1. The van der Waals surface area contributed by atoms with Crippen LogP contribution in [-0.4, -0.2) is 27.9 Å². The van der Waals surface area contributed by atoms with E-state index in [-0.39, 0.29) is 0 Å². The lowest BCUT2D eigenvalue weighted by molar-refractivity contribution is 0.450. The maximum atomic E-state index is 4.76. The van der Waals surface area contributed by atoms with Crippen LogP contribution >= 0.6 is 0 Å². The molecule has 1 aliphatic rings. The summed E-state index contributed by atoms with van der Waals surface area (Å²) in [5.41, 5.74) is 4.87. The second kappa shape index (κ2) is 5.13. The molecule has 1 unspecified atom stereocenters. The maximum absolute atomic E-state index is 4.76. The molecule has 1 fully saturated rings. The van der Waals surface area contributed by atoms with Gasteiger partial charge in [0, 0.05) is 37.5 Å². The smallest absolute Gasteiger partial charge is 0.0726 e. The SMILES string of the molecule is Cc1c(C2CCCNC2)nn(C)c1-c1cccnc1. The molecule has 2 aromatic rings. The average molecular weight is 256 g/mol. The van der Waals surface area contributed by atoms with Crippen molar-refractivity contribution in [2.75, 3.05) is 13.1 Å². The van der Waals surface area contributed by atoms with Gasteiger partial charge in [-0.1, -0.05) is 0 Å². The minimum absolute atomic E-state index is 0.547. The van der Waals surface area contributed by atoms with Crippen molar-refractivity contribution in [1.82, 2.24) is 20.1 Å². The third-order valence-electron chi connectivity index (χ3n) is 3.94. The van der Waals surface area contributed by atoms with E-state index in [1.165, 1.54) is 29.8 Å². The first kappa shape index (κ1) is 12.4. The van der Waals surface area contributed by atoms with E-state index in [4.69, 9.17) is 5.10 Å². The molecule has 0 radical (unpaired) electrons. The molecule has 4 nitrogen and oxygen atoms in total. The molecule has 0 aliphatic carbocycles. The highest BCUT2D eigenvalue weighted by Gasteiger charge is 2.23. The molecule has 0 spiro atoms. The van der Waals surface area contributed by atoms with E-state index >= 15 is 0 Å². The van der Waals surface area contributed by atoms with Crippen LogP contribution < -0.4 is 5.32 Å². The molecule has 1 N–H and O–H groups in total. The molecule has 100 valence electrons. The predicted octanol–water partition coefficient (Wildman–Crippen LogP) is 2.26. The van der Waals surface area contributed by atoms with Crippen LogP contribution in [0.3, 0.4) is 0 Å². The summed E-state index contributed by atoms with van der Waals surface area (Å²) in [4.78, 5) is 4.21. The fourth-order valence-electron chi connectivity index (χ4n) is 3.03. The molecule has 3 heterocycles. The van der Waals surface area contributed by atoms with Gasteiger partial charge in [0.1, 0.15) is 0 Å². The normalized spacial score (nSPS) is 19.6. The van der Waals surface area contributed by atoms with Crippen LogP contribution in [0.25, 0.3) is 11.3 Å². The molecule has 1 aliphatic heterocycles. The van der Waals surface area contributed by atoms with Gasteiger partial charge in [-0.25, -0.2) is 0 Å². The first-order valence-electron chi connectivity index (χ1n) is 6.92. The summed E-state index contributed by atoms with van der Waals surface area (Å²) < 4.78 is 2.00. The van der Waals surface area contributed by atoms with Crippen LogP contribution in [0.1, 0.15) is 30.0 Å². The van der Waals surface area contributed by atoms with Crippen LogP contribution in [0.15, 0.2) is 24.5 Å². The minimum atomic E-state index is 0.547. The Morgan fingerprint density at radius 3 is 3.00 bits per heavy atom. The van der Waals surface area contributed by atoms with Gasteiger partial charge in [0.05, 0.1) is 11.4 Å². The molecule has 0 bridgehead atoms. The Kier molecular flexibility index (Phi) is 3.34. The summed E-state index contributed by atoms with van der Waals surface area (Å²) in [6.07, 6.45) is 6.19. The molecule has 1 saturated heterocycles. The highest BCUT2D eigenvalue weighted by Crippen LogP contribution is 2.31. The van der Waals surface area contributed by atoms with Gasteiger partial charge in [0.2, 0.25) is 0 Å². The van der Waals surface area contributed by atoms with Gasteiger partial charge in [0.25, 0.3) is 0 Å². The lowest BCUT2D eigenvalue weighted by Crippen LogP contribution is -2.28. The Hall–Kier alpha value is -1.68.